The van der Waals surface area contributed by atoms with E-state index in [1.807, 2.05) is 0 Å². The van der Waals surface area contributed by atoms with Crippen LogP contribution in [0.5, 0.6) is 0 Å². The molecule has 0 radical (unpaired) electrons. The summed E-state index contributed by atoms with van der Waals surface area (Å²) in [6, 6.07) is 2.73. The van der Waals surface area contributed by atoms with Gasteiger partial charge in [0.15, 0.2) is 5.78 Å². The fourth-order valence-electron chi connectivity index (χ4n) is 3.27. The quantitative estimate of drug-likeness (QED) is 0.792. The number of fused-ring (bicyclic) bond motifs is 1. The summed E-state index contributed by atoms with van der Waals surface area (Å²) in [5, 5.41) is 0. The van der Waals surface area contributed by atoms with Crippen LogP contribution in [0.15, 0.2) is 6.07 Å². The number of Topliss-reactive ketones (excluding diaryl/α,β-unsaturated/α-hetero) is 1. The van der Waals surface area contributed by atoms with E-state index in [9.17, 15) is 4.79 Å². The number of thiophene rings is 1. The highest BCUT2D eigenvalue weighted by Gasteiger charge is 2.35. The van der Waals surface area contributed by atoms with Crippen LogP contribution < -0.4 is 0 Å². The third kappa shape index (κ3) is 2.90. The summed E-state index contributed by atoms with van der Waals surface area (Å²) in [5.41, 5.74) is 0.572. The van der Waals surface area contributed by atoms with Crippen molar-refractivity contribution in [2.24, 2.45) is 0 Å². The normalized spacial score (nSPS) is 27.8. The van der Waals surface area contributed by atoms with E-state index in [0.29, 0.717) is 32.9 Å². The Morgan fingerprint density at radius 3 is 2.95 bits per heavy atom. The summed E-state index contributed by atoms with van der Waals surface area (Å²) in [6.07, 6.45) is 2.54. The molecule has 2 saturated heterocycles. The summed E-state index contributed by atoms with van der Waals surface area (Å²) in [6.45, 7) is 5.91. The van der Waals surface area contributed by atoms with Crippen LogP contribution in [0.1, 0.15) is 30.1 Å². The Hall–Kier alpha value is -0.130. The van der Waals surface area contributed by atoms with Gasteiger partial charge in [-0.1, -0.05) is 23.2 Å². The van der Waals surface area contributed by atoms with Gasteiger partial charge in [-0.2, -0.15) is 0 Å². The van der Waals surface area contributed by atoms with E-state index in [4.69, 9.17) is 23.2 Å². The number of rotatable bonds is 3. The Morgan fingerprint density at radius 1 is 1.45 bits per heavy atom. The maximum atomic E-state index is 12.4. The molecule has 0 saturated carbocycles. The molecule has 1 aromatic rings. The van der Waals surface area contributed by atoms with Gasteiger partial charge in [0.1, 0.15) is 4.34 Å². The zero-order valence-corrected chi connectivity index (χ0v) is 13.8. The molecule has 2 atom stereocenters. The summed E-state index contributed by atoms with van der Waals surface area (Å²) < 4.78 is 1.08. The monoisotopic (exact) mass is 332 g/mol. The van der Waals surface area contributed by atoms with Crippen LogP contribution in [-0.2, 0) is 0 Å². The van der Waals surface area contributed by atoms with Crippen molar-refractivity contribution in [3.8, 4) is 0 Å². The van der Waals surface area contributed by atoms with E-state index in [1.54, 1.807) is 6.07 Å². The lowest BCUT2D eigenvalue weighted by molar-refractivity contribution is 0.0535. The van der Waals surface area contributed by atoms with Gasteiger partial charge in [0, 0.05) is 25.2 Å². The van der Waals surface area contributed by atoms with Gasteiger partial charge in [-0.15, -0.1) is 11.3 Å². The maximum absolute atomic E-state index is 12.4. The van der Waals surface area contributed by atoms with Crippen molar-refractivity contribution in [1.29, 1.82) is 0 Å². The average molecular weight is 333 g/mol. The van der Waals surface area contributed by atoms with Gasteiger partial charge in [-0.05, 0) is 32.4 Å². The summed E-state index contributed by atoms with van der Waals surface area (Å²) in [7, 11) is 0. The van der Waals surface area contributed by atoms with Gasteiger partial charge in [0.25, 0.3) is 0 Å². The van der Waals surface area contributed by atoms with E-state index in [-0.39, 0.29) is 5.78 Å². The topological polar surface area (TPSA) is 23.6 Å². The maximum Gasteiger partial charge on any atom is 0.179 e. The molecule has 110 valence electrons. The van der Waals surface area contributed by atoms with Gasteiger partial charge >= 0.3 is 0 Å². The van der Waals surface area contributed by atoms with Gasteiger partial charge < -0.3 is 0 Å². The number of hydrogen-bond acceptors (Lipinski definition) is 4. The molecule has 0 N–H and O–H groups in total. The Kier molecular flexibility index (Phi) is 4.39. The third-order valence-corrected chi connectivity index (χ3v) is 5.86. The second-order valence-corrected chi connectivity index (χ2v) is 8.02. The van der Waals surface area contributed by atoms with Crippen molar-refractivity contribution >= 4 is 40.3 Å². The molecule has 0 amide bonds. The highest BCUT2D eigenvalue weighted by Crippen LogP contribution is 2.32. The van der Waals surface area contributed by atoms with Crippen molar-refractivity contribution < 1.29 is 4.79 Å². The zero-order valence-electron chi connectivity index (χ0n) is 11.4. The van der Waals surface area contributed by atoms with Crippen LogP contribution in [0.2, 0.25) is 8.67 Å². The minimum atomic E-state index is 0.0800. The molecule has 20 heavy (non-hydrogen) atoms. The minimum absolute atomic E-state index is 0.0800. The SMILES string of the molecule is CC1CN2CCCC2CN1CC(=O)c1cc(Cl)sc1Cl. The summed E-state index contributed by atoms with van der Waals surface area (Å²) >= 11 is 13.2. The zero-order chi connectivity index (χ0) is 14.3. The van der Waals surface area contributed by atoms with E-state index in [1.165, 1.54) is 30.7 Å². The van der Waals surface area contributed by atoms with E-state index in [0.717, 1.165) is 13.1 Å². The van der Waals surface area contributed by atoms with Crippen LogP contribution >= 0.6 is 34.5 Å². The fourth-order valence-corrected chi connectivity index (χ4v) is 4.77. The molecule has 2 aliphatic heterocycles. The fraction of sp³-hybridized carbons (Fsp3) is 0.643. The largest absolute Gasteiger partial charge is 0.298 e. The van der Waals surface area contributed by atoms with Gasteiger partial charge in [0.05, 0.1) is 16.4 Å². The summed E-state index contributed by atoms with van der Waals surface area (Å²) in [5.74, 6) is 0.0800. The molecule has 3 nitrogen and oxygen atoms in total. The van der Waals surface area contributed by atoms with Gasteiger partial charge in [0.2, 0.25) is 0 Å². The Bertz CT molecular complexity index is 519. The van der Waals surface area contributed by atoms with Crippen LogP contribution in [-0.4, -0.2) is 53.8 Å². The standard InChI is InChI=1S/C14H18Cl2N2OS/c1-9-6-17-4-2-3-10(17)7-18(9)8-12(19)11-5-13(15)20-14(11)16/h5,9-10H,2-4,6-8H2,1H3. The number of halogens is 2. The molecule has 0 bridgehead atoms. The highest BCUT2D eigenvalue weighted by atomic mass is 35.5. The number of piperazine rings is 1. The second-order valence-electron chi connectivity index (χ2n) is 5.73. The second kappa shape index (κ2) is 5.93. The molecule has 0 aromatic carbocycles. The molecule has 3 heterocycles. The van der Waals surface area contributed by atoms with Crippen molar-refractivity contribution in [1.82, 2.24) is 9.80 Å². The van der Waals surface area contributed by atoms with Crippen LogP contribution in [0.4, 0.5) is 0 Å². The van der Waals surface area contributed by atoms with Crippen molar-refractivity contribution in [2.75, 3.05) is 26.2 Å². The van der Waals surface area contributed by atoms with E-state index < -0.39 is 0 Å². The van der Waals surface area contributed by atoms with Crippen molar-refractivity contribution in [3.05, 3.63) is 20.3 Å². The number of carbonyl (C=O) groups is 1. The first-order chi connectivity index (χ1) is 9.54. The molecule has 6 heteroatoms. The smallest absolute Gasteiger partial charge is 0.179 e. The van der Waals surface area contributed by atoms with Gasteiger partial charge in [-0.3, -0.25) is 14.6 Å². The molecular weight excluding hydrogens is 315 g/mol. The first-order valence-electron chi connectivity index (χ1n) is 7.00. The van der Waals surface area contributed by atoms with Gasteiger partial charge in [-0.25, -0.2) is 0 Å². The molecule has 2 aliphatic rings. The first-order valence-corrected chi connectivity index (χ1v) is 8.58. The predicted molar refractivity (Wildman–Crippen MR) is 84.3 cm³/mol. The lowest BCUT2D eigenvalue weighted by atomic mass is 10.1. The lowest BCUT2D eigenvalue weighted by Crippen LogP contribution is -2.55. The van der Waals surface area contributed by atoms with Crippen molar-refractivity contribution in [3.63, 3.8) is 0 Å². The minimum Gasteiger partial charge on any atom is -0.298 e. The third-order valence-electron chi connectivity index (χ3n) is 4.37. The molecule has 2 unspecified atom stereocenters. The molecular formula is C14H18Cl2N2OS. The number of carbonyl (C=O) groups excluding carboxylic acids is 1. The highest BCUT2D eigenvalue weighted by molar-refractivity contribution is 7.20. The van der Waals surface area contributed by atoms with E-state index >= 15 is 0 Å². The van der Waals surface area contributed by atoms with Crippen LogP contribution in [0.3, 0.4) is 0 Å². The lowest BCUT2D eigenvalue weighted by Gasteiger charge is -2.41. The number of nitrogens with zero attached hydrogens (tertiary/aromatic N) is 2. The summed E-state index contributed by atoms with van der Waals surface area (Å²) in [4.78, 5) is 17.2. The molecule has 1 aromatic heterocycles. The molecule has 3 rings (SSSR count). The van der Waals surface area contributed by atoms with Crippen LogP contribution in [0, 0.1) is 0 Å². The molecule has 2 fully saturated rings. The van der Waals surface area contributed by atoms with E-state index in [2.05, 4.69) is 16.7 Å². The Balaban J connectivity index is 1.67. The molecule has 0 spiro atoms. The first kappa shape index (κ1) is 14.8. The average Bonchev–Trinajstić information content (AvgIpc) is 2.95. The number of ketones is 1. The Labute approximate surface area is 133 Å². The number of hydrogen-bond donors (Lipinski definition) is 0. The Morgan fingerprint density at radius 2 is 2.25 bits per heavy atom. The predicted octanol–water partition coefficient (Wildman–Crippen LogP) is 3.41. The van der Waals surface area contributed by atoms with Crippen LogP contribution in [0.25, 0.3) is 0 Å². The van der Waals surface area contributed by atoms with Crippen molar-refractivity contribution in [2.45, 2.75) is 31.8 Å². The molecule has 0 aliphatic carbocycles.